The fourth-order valence-electron chi connectivity index (χ4n) is 2.61. The molecule has 1 aromatic rings. The van der Waals surface area contributed by atoms with E-state index >= 15 is 0 Å². The minimum Gasteiger partial charge on any atom is -0.392 e. The van der Waals surface area contributed by atoms with Gasteiger partial charge in [0.2, 0.25) is 0 Å². The first-order valence-corrected chi connectivity index (χ1v) is 7.78. The van der Waals surface area contributed by atoms with Crippen LogP contribution in [0.25, 0.3) is 0 Å². The predicted octanol–water partition coefficient (Wildman–Crippen LogP) is 1.77. The summed E-state index contributed by atoms with van der Waals surface area (Å²) >= 11 is 1.65. The summed E-state index contributed by atoms with van der Waals surface area (Å²) in [5, 5.41) is 9.53. The minimum absolute atomic E-state index is 0.135. The number of aliphatic hydroxyl groups excluding tert-OH is 1. The molecule has 0 amide bonds. The van der Waals surface area contributed by atoms with Crippen molar-refractivity contribution in [2.75, 3.05) is 6.61 Å². The Balaban J connectivity index is 1.76. The van der Waals surface area contributed by atoms with Crippen molar-refractivity contribution in [2.24, 2.45) is 0 Å². The van der Waals surface area contributed by atoms with Crippen molar-refractivity contribution in [1.29, 1.82) is 0 Å². The number of ether oxygens (including phenoxy) is 1. The van der Waals surface area contributed by atoms with Crippen molar-refractivity contribution in [2.45, 2.75) is 35.7 Å². The quantitative estimate of drug-likeness (QED) is 0.663. The van der Waals surface area contributed by atoms with Gasteiger partial charge in [-0.1, -0.05) is 25.1 Å². The van der Waals surface area contributed by atoms with Gasteiger partial charge in [0.05, 0.1) is 6.61 Å². The molecule has 1 heterocycles. The van der Waals surface area contributed by atoms with E-state index < -0.39 is 18.8 Å². The van der Waals surface area contributed by atoms with Gasteiger partial charge in [-0.2, -0.15) is 0 Å². The van der Waals surface area contributed by atoms with Crippen LogP contribution in [0.15, 0.2) is 46.4 Å². The number of aliphatic hydroxyl groups is 1. The minimum atomic E-state index is -0.638. The van der Waals surface area contributed by atoms with Gasteiger partial charge in [-0.15, -0.1) is 11.8 Å². The fourth-order valence-corrected chi connectivity index (χ4v) is 3.64. The Labute approximate surface area is 127 Å². The molecule has 1 aliphatic carbocycles. The number of carbonyl (C=O) groups excluding carboxylic acids is 2. The zero-order chi connectivity index (χ0) is 15.0. The van der Waals surface area contributed by atoms with Crippen molar-refractivity contribution in [3.8, 4) is 0 Å². The molecule has 0 saturated carbocycles. The number of hydrogen-bond donors (Lipinski definition) is 1. The number of hydrogen-bond acceptors (Lipinski definition) is 5. The third-order valence-corrected chi connectivity index (χ3v) is 4.81. The van der Waals surface area contributed by atoms with Gasteiger partial charge in [0, 0.05) is 21.3 Å². The first kappa shape index (κ1) is 14.5. The molecule has 1 aromatic carbocycles. The second-order valence-electron chi connectivity index (χ2n) is 5.27. The van der Waals surface area contributed by atoms with E-state index in [1.165, 1.54) is 0 Å². The smallest absolute Gasteiger partial charge is 0.193 e. The molecule has 0 aromatic heterocycles. The summed E-state index contributed by atoms with van der Waals surface area (Å²) in [5.74, 6) is -0.363. The molecule has 0 spiro atoms. The third kappa shape index (κ3) is 2.81. The standard InChI is InChI=1S/C16H16O4S/c1-9(21-10-5-3-2-4-6-10)7-11-12(8-17)14(19)16-15(20-16)13(11)18/h2-6,9,15-17H,7-8H2,1H3/t9-,15-,16+/m0/s1. The van der Waals surface area contributed by atoms with Gasteiger partial charge in [-0.05, 0) is 18.6 Å². The highest BCUT2D eigenvalue weighted by Gasteiger charge is 2.55. The third-order valence-electron chi connectivity index (χ3n) is 3.70. The Morgan fingerprint density at radius 3 is 2.38 bits per heavy atom. The van der Waals surface area contributed by atoms with Gasteiger partial charge < -0.3 is 9.84 Å². The number of benzene rings is 1. The van der Waals surface area contributed by atoms with Crippen LogP contribution >= 0.6 is 11.8 Å². The Morgan fingerprint density at radius 1 is 1.14 bits per heavy atom. The van der Waals surface area contributed by atoms with Crippen LogP contribution in [0.5, 0.6) is 0 Å². The van der Waals surface area contributed by atoms with Crippen molar-refractivity contribution in [3.05, 3.63) is 41.5 Å². The summed E-state index contributed by atoms with van der Waals surface area (Å²) < 4.78 is 5.11. The zero-order valence-electron chi connectivity index (χ0n) is 11.6. The topological polar surface area (TPSA) is 66.9 Å². The van der Waals surface area contributed by atoms with Crippen LogP contribution < -0.4 is 0 Å². The van der Waals surface area contributed by atoms with Crippen LogP contribution in [0.2, 0.25) is 0 Å². The maximum Gasteiger partial charge on any atom is 0.193 e. The van der Waals surface area contributed by atoms with Crippen molar-refractivity contribution in [1.82, 2.24) is 0 Å². The summed E-state index contributed by atoms with van der Waals surface area (Å²) in [6, 6.07) is 9.90. The highest BCUT2D eigenvalue weighted by molar-refractivity contribution is 8.00. The van der Waals surface area contributed by atoms with Crippen molar-refractivity contribution >= 4 is 23.3 Å². The van der Waals surface area contributed by atoms with Gasteiger partial charge in [0.15, 0.2) is 23.8 Å². The Hall–Kier alpha value is -1.43. The molecule has 0 bridgehead atoms. The van der Waals surface area contributed by atoms with E-state index in [-0.39, 0.29) is 22.4 Å². The molecule has 5 heteroatoms. The molecule has 0 unspecified atom stereocenters. The fraction of sp³-hybridized carbons (Fsp3) is 0.375. The summed E-state index contributed by atoms with van der Waals surface area (Å²) in [6.45, 7) is 1.62. The average Bonchev–Trinajstić information content (AvgIpc) is 3.27. The molecule has 3 atom stereocenters. The summed E-state index contributed by atoms with van der Waals surface area (Å²) in [4.78, 5) is 25.3. The van der Waals surface area contributed by atoms with E-state index in [1.807, 2.05) is 37.3 Å². The van der Waals surface area contributed by atoms with Crippen molar-refractivity contribution in [3.63, 3.8) is 0 Å². The van der Waals surface area contributed by atoms with Crippen LogP contribution in [0.4, 0.5) is 0 Å². The number of Topliss-reactive ketones (excluding diaryl/α,β-unsaturated/α-hetero) is 2. The molecule has 110 valence electrons. The van der Waals surface area contributed by atoms with E-state index in [1.54, 1.807) is 11.8 Å². The Morgan fingerprint density at radius 2 is 1.76 bits per heavy atom. The van der Waals surface area contributed by atoms with Crippen LogP contribution in [0, 0.1) is 0 Å². The molecule has 1 aliphatic heterocycles. The molecular formula is C16H16O4S. The first-order chi connectivity index (χ1) is 10.1. The molecule has 3 rings (SSSR count). The van der Waals surface area contributed by atoms with E-state index in [0.29, 0.717) is 12.0 Å². The van der Waals surface area contributed by atoms with Crippen LogP contribution in [-0.4, -0.2) is 40.7 Å². The Kier molecular flexibility index (Phi) is 3.97. The summed E-state index contributed by atoms with van der Waals surface area (Å²) in [5.41, 5.74) is 0.677. The van der Waals surface area contributed by atoms with Gasteiger partial charge in [-0.3, -0.25) is 9.59 Å². The molecule has 21 heavy (non-hydrogen) atoms. The van der Waals surface area contributed by atoms with Crippen LogP contribution in [0.1, 0.15) is 13.3 Å². The second kappa shape index (κ2) is 5.75. The molecular weight excluding hydrogens is 288 g/mol. The van der Waals surface area contributed by atoms with Gasteiger partial charge in [0.1, 0.15) is 0 Å². The molecule has 0 radical (unpaired) electrons. The lowest BCUT2D eigenvalue weighted by molar-refractivity contribution is -0.120. The Bertz CT molecular complexity index is 608. The normalized spacial score (nSPS) is 25.8. The SMILES string of the molecule is C[C@@H](CC1=C(CO)C(=O)[C@H]2O[C@H]2C1=O)Sc1ccccc1. The monoisotopic (exact) mass is 304 g/mol. The van der Waals surface area contributed by atoms with Crippen LogP contribution in [-0.2, 0) is 14.3 Å². The van der Waals surface area contributed by atoms with Gasteiger partial charge in [-0.25, -0.2) is 0 Å². The number of thioether (sulfide) groups is 1. The first-order valence-electron chi connectivity index (χ1n) is 6.90. The molecule has 2 aliphatic rings. The number of epoxide rings is 1. The van der Waals surface area contributed by atoms with E-state index in [0.717, 1.165) is 4.90 Å². The molecule has 4 nitrogen and oxygen atoms in total. The van der Waals surface area contributed by atoms with E-state index in [9.17, 15) is 14.7 Å². The van der Waals surface area contributed by atoms with Crippen LogP contribution in [0.3, 0.4) is 0 Å². The lowest BCUT2D eigenvalue weighted by Gasteiger charge is -2.18. The maximum atomic E-state index is 12.2. The summed E-state index contributed by atoms with van der Waals surface area (Å²) in [6.07, 6.45) is -0.774. The average molecular weight is 304 g/mol. The molecule has 1 N–H and O–H groups in total. The van der Waals surface area contributed by atoms with Gasteiger partial charge >= 0.3 is 0 Å². The lowest BCUT2D eigenvalue weighted by Crippen LogP contribution is -2.30. The van der Waals surface area contributed by atoms with Gasteiger partial charge in [0.25, 0.3) is 0 Å². The number of ketones is 2. The number of rotatable bonds is 5. The second-order valence-corrected chi connectivity index (χ2v) is 6.78. The highest BCUT2D eigenvalue weighted by atomic mass is 32.2. The molecule has 1 fully saturated rings. The lowest BCUT2D eigenvalue weighted by atomic mass is 9.87. The number of carbonyl (C=O) groups is 2. The largest absolute Gasteiger partial charge is 0.392 e. The molecule has 1 saturated heterocycles. The maximum absolute atomic E-state index is 12.2. The van der Waals surface area contributed by atoms with Crippen molar-refractivity contribution < 1.29 is 19.4 Å². The van der Waals surface area contributed by atoms with E-state index in [4.69, 9.17) is 4.74 Å². The highest BCUT2D eigenvalue weighted by Crippen LogP contribution is 2.38. The zero-order valence-corrected chi connectivity index (χ0v) is 12.4. The predicted molar refractivity (Wildman–Crippen MR) is 79.2 cm³/mol. The van der Waals surface area contributed by atoms with E-state index in [2.05, 4.69) is 0 Å². The summed E-state index contributed by atoms with van der Waals surface area (Å²) in [7, 11) is 0. The number of fused-ring (bicyclic) bond motifs is 1.